The second-order valence-corrected chi connectivity index (χ2v) is 7.31. The quantitative estimate of drug-likeness (QED) is 0.869. The van der Waals surface area contributed by atoms with Crippen molar-refractivity contribution in [3.8, 4) is 10.7 Å². The predicted molar refractivity (Wildman–Crippen MR) is 93.5 cm³/mol. The number of nitrogens with one attached hydrogen (secondary N) is 1. The van der Waals surface area contributed by atoms with E-state index in [0.29, 0.717) is 18.3 Å². The molecule has 7 heteroatoms. The van der Waals surface area contributed by atoms with Gasteiger partial charge in [0.2, 0.25) is 17.6 Å². The van der Waals surface area contributed by atoms with E-state index in [2.05, 4.69) is 27.3 Å². The van der Waals surface area contributed by atoms with Crippen molar-refractivity contribution in [3.05, 3.63) is 23.4 Å². The molecule has 0 saturated carbocycles. The molecule has 1 aliphatic heterocycles. The Kier molecular flexibility index (Phi) is 5.63. The van der Waals surface area contributed by atoms with E-state index in [1.807, 2.05) is 24.4 Å². The fourth-order valence-corrected chi connectivity index (χ4v) is 3.48. The highest BCUT2D eigenvalue weighted by atomic mass is 32.1. The molecule has 2 aromatic rings. The van der Waals surface area contributed by atoms with Gasteiger partial charge in [-0.2, -0.15) is 4.98 Å². The van der Waals surface area contributed by atoms with E-state index >= 15 is 0 Å². The third-order valence-electron chi connectivity index (χ3n) is 4.53. The fraction of sp³-hybridized carbons (Fsp3) is 0.588. The first-order valence-corrected chi connectivity index (χ1v) is 9.43. The molecule has 3 rings (SSSR count). The van der Waals surface area contributed by atoms with E-state index in [-0.39, 0.29) is 17.9 Å². The molecule has 1 amide bonds. The van der Waals surface area contributed by atoms with Gasteiger partial charge in [-0.25, -0.2) is 0 Å². The van der Waals surface area contributed by atoms with Crippen LogP contribution in [0.3, 0.4) is 0 Å². The third kappa shape index (κ3) is 4.21. The Morgan fingerprint density at radius 2 is 2.29 bits per heavy atom. The summed E-state index contributed by atoms with van der Waals surface area (Å²) < 4.78 is 5.36. The smallest absolute Gasteiger partial charge is 0.241 e. The molecule has 1 N–H and O–H groups in total. The summed E-state index contributed by atoms with van der Waals surface area (Å²) in [7, 11) is 0. The van der Waals surface area contributed by atoms with Gasteiger partial charge in [-0.05, 0) is 50.7 Å². The maximum Gasteiger partial charge on any atom is 0.241 e. The molecule has 0 spiro atoms. The summed E-state index contributed by atoms with van der Waals surface area (Å²) >= 11 is 1.60. The van der Waals surface area contributed by atoms with E-state index in [1.165, 1.54) is 0 Å². The van der Waals surface area contributed by atoms with Gasteiger partial charge in [0, 0.05) is 12.0 Å². The molecule has 0 radical (unpaired) electrons. The summed E-state index contributed by atoms with van der Waals surface area (Å²) in [5.41, 5.74) is 0. The van der Waals surface area contributed by atoms with Crippen LogP contribution in [0.2, 0.25) is 0 Å². The van der Waals surface area contributed by atoms with E-state index < -0.39 is 0 Å². The molecule has 0 bridgehead atoms. The van der Waals surface area contributed by atoms with Crippen molar-refractivity contribution in [1.29, 1.82) is 0 Å². The van der Waals surface area contributed by atoms with Crippen LogP contribution in [0.15, 0.2) is 22.0 Å². The summed E-state index contributed by atoms with van der Waals surface area (Å²) in [4.78, 5) is 20.0. The van der Waals surface area contributed by atoms with Gasteiger partial charge < -0.3 is 9.84 Å². The minimum Gasteiger partial charge on any atom is -0.353 e. The lowest BCUT2D eigenvalue weighted by atomic mass is 9.95. The Labute approximate surface area is 146 Å². The number of amides is 1. The van der Waals surface area contributed by atoms with Gasteiger partial charge in [0.05, 0.1) is 11.4 Å². The number of rotatable bonds is 6. The predicted octanol–water partition coefficient (Wildman–Crippen LogP) is 2.92. The molecule has 1 saturated heterocycles. The Hall–Kier alpha value is -1.73. The van der Waals surface area contributed by atoms with Gasteiger partial charge in [0.15, 0.2) is 0 Å². The van der Waals surface area contributed by atoms with Crippen LogP contribution in [0.5, 0.6) is 0 Å². The monoisotopic (exact) mass is 348 g/mol. The third-order valence-corrected chi connectivity index (χ3v) is 5.39. The molecule has 0 aromatic carbocycles. The van der Waals surface area contributed by atoms with Gasteiger partial charge >= 0.3 is 0 Å². The van der Waals surface area contributed by atoms with Crippen LogP contribution in [0, 0.1) is 5.92 Å². The first-order valence-electron chi connectivity index (χ1n) is 8.55. The average molecular weight is 348 g/mol. The maximum atomic E-state index is 12.2. The molecule has 6 nitrogen and oxygen atoms in total. The number of thiophene rings is 1. The lowest BCUT2D eigenvalue weighted by Gasteiger charge is -2.30. The molecule has 24 heavy (non-hydrogen) atoms. The Balaban J connectivity index is 1.48. The van der Waals surface area contributed by atoms with Crippen LogP contribution in [0.25, 0.3) is 10.7 Å². The average Bonchev–Trinajstić information content (AvgIpc) is 3.26. The van der Waals surface area contributed by atoms with Crippen LogP contribution in [-0.4, -0.2) is 40.1 Å². The number of likely N-dealkylation sites (tertiary alicyclic amines) is 1. The van der Waals surface area contributed by atoms with Crippen LogP contribution >= 0.6 is 11.3 Å². The summed E-state index contributed by atoms with van der Waals surface area (Å²) in [6, 6.07) is 4.22. The standard InChI is InChI=1S/C17H24N4O2S/c1-3-12(2)18-17(22)13-6-8-21(9-7-13)11-15-19-16(20-23-15)14-5-4-10-24-14/h4-5,10,12-13H,3,6-9,11H2,1-2H3,(H,18,22). The molecule has 2 aromatic heterocycles. The maximum absolute atomic E-state index is 12.2. The van der Waals surface area contributed by atoms with Crippen molar-refractivity contribution < 1.29 is 9.32 Å². The minimum absolute atomic E-state index is 0.125. The molecule has 1 fully saturated rings. The molecule has 0 aliphatic carbocycles. The topological polar surface area (TPSA) is 71.3 Å². The zero-order chi connectivity index (χ0) is 16.9. The van der Waals surface area contributed by atoms with Crippen molar-refractivity contribution >= 4 is 17.2 Å². The molecular formula is C17H24N4O2S. The van der Waals surface area contributed by atoms with E-state index in [4.69, 9.17) is 4.52 Å². The highest BCUT2D eigenvalue weighted by Crippen LogP contribution is 2.23. The lowest BCUT2D eigenvalue weighted by Crippen LogP contribution is -2.42. The number of hydrogen-bond donors (Lipinski definition) is 1. The van der Waals surface area contributed by atoms with Crippen molar-refractivity contribution in [1.82, 2.24) is 20.4 Å². The summed E-state index contributed by atoms with van der Waals surface area (Å²) in [5.74, 6) is 1.62. The van der Waals surface area contributed by atoms with Gasteiger partial charge in [-0.15, -0.1) is 11.3 Å². The molecule has 3 heterocycles. The van der Waals surface area contributed by atoms with Crippen LogP contribution in [0.1, 0.15) is 39.0 Å². The van der Waals surface area contributed by atoms with Gasteiger partial charge in [-0.1, -0.05) is 18.1 Å². The second-order valence-electron chi connectivity index (χ2n) is 6.36. The number of carbonyl (C=O) groups excluding carboxylic acids is 1. The van der Waals surface area contributed by atoms with Crippen LogP contribution in [-0.2, 0) is 11.3 Å². The van der Waals surface area contributed by atoms with E-state index in [0.717, 1.165) is 37.2 Å². The fourth-order valence-electron chi connectivity index (χ4n) is 2.83. The number of piperidine rings is 1. The summed E-state index contributed by atoms with van der Waals surface area (Å²) in [6.07, 6.45) is 2.73. The van der Waals surface area contributed by atoms with Gasteiger partial charge in [-0.3, -0.25) is 9.69 Å². The lowest BCUT2D eigenvalue weighted by molar-refractivity contribution is -0.127. The van der Waals surface area contributed by atoms with Crippen molar-refractivity contribution in [2.24, 2.45) is 5.92 Å². The Morgan fingerprint density at radius 3 is 2.96 bits per heavy atom. The highest BCUT2D eigenvalue weighted by Gasteiger charge is 2.26. The Morgan fingerprint density at radius 1 is 1.50 bits per heavy atom. The zero-order valence-electron chi connectivity index (χ0n) is 14.2. The van der Waals surface area contributed by atoms with Crippen molar-refractivity contribution in [2.45, 2.75) is 45.7 Å². The van der Waals surface area contributed by atoms with Crippen molar-refractivity contribution in [2.75, 3.05) is 13.1 Å². The first kappa shape index (κ1) is 17.1. The molecule has 130 valence electrons. The van der Waals surface area contributed by atoms with Crippen LogP contribution < -0.4 is 5.32 Å². The van der Waals surface area contributed by atoms with Gasteiger partial charge in [0.25, 0.3) is 0 Å². The summed E-state index contributed by atoms with van der Waals surface area (Å²) in [6.45, 7) is 6.55. The SMILES string of the molecule is CCC(C)NC(=O)C1CCN(Cc2nc(-c3cccs3)no2)CC1. The largest absolute Gasteiger partial charge is 0.353 e. The van der Waals surface area contributed by atoms with Crippen molar-refractivity contribution in [3.63, 3.8) is 0 Å². The number of nitrogens with zero attached hydrogens (tertiary/aromatic N) is 3. The summed E-state index contributed by atoms with van der Waals surface area (Å²) in [5, 5.41) is 9.13. The first-order chi connectivity index (χ1) is 11.7. The minimum atomic E-state index is 0.125. The van der Waals surface area contributed by atoms with Gasteiger partial charge in [0.1, 0.15) is 0 Å². The Bertz CT molecular complexity index is 647. The molecule has 1 unspecified atom stereocenters. The number of hydrogen-bond acceptors (Lipinski definition) is 6. The van der Waals surface area contributed by atoms with E-state index in [9.17, 15) is 4.79 Å². The zero-order valence-corrected chi connectivity index (χ0v) is 15.0. The normalized spacial score (nSPS) is 17.8. The van der Waals surface area contributed by atoms with Crippen LogP contribution in [0.4, 0.5) is 0 Å². The number of carbonyl (C=O) groups is 1. The number of aromatic nitrogens is 2. The second kappa shape index (κ2) is 7.90. The molecule has 1 aliphatic rings. The molecule has 1 atom stereocenters. The molecular weight excluding hydrogens is 324 g/mol. The highest BCUT2D eigenvalue weighted by molar-refractivity contribution is 7.13. The van der Waals surface area contributed by atoms with E-state index in [1.54, 1.807) is 11.3 Å².